The van der Waals surface area contributed by atoms with E-state index in [4.69, 9.17) is 4.74 Å². The van der Waals surface area contributed by atoms with Crippen molar-refractivity contribution < 1.29 is 9.53 Å². The third-order valence-electron chi connectivity index (χ3n) is 4.91. The highest BCUT2D eigenvalue weighted by atomic mass is 16.5. The lowest BCUT2D eigenvalue weighted by Gasteiger charge is -2.32. The number of carbonyl (C=O) groups is 1. The number of rotatable bonds is 5. The summed E-state index contributed by atoms with van der Waals surface area (Å²) < 4.78 is 5.60. The summed E-state index contributed by atoms with van der Waals surface area (Å²) in [4.78, 5) is 12.5. The minimum absolute atomic E-state index is 0.00721. The van der Waals surface area contributed by atoms with Crippen molar-refractivity contribution in [1.82, 2.24) is 5.32 Å². The maximum Gasteiger partial charge on any atom is 0.249 e. The van der Waals surface area contributed by atoms with Crippen molar-refractivity contribution in [2.75, 3.05) is 13.2 Å². The van der Waals surface area contributed by atoms with Crippen LogP contribution in [0.25, 0.3) is 0 Å². The molecule has 1 amide bonds. The number of hydrogen-bond acceptors (Lipinski definition) is 2. The maximum absolute atomic E-state index is 12.5. The van der Waals surface area contributed by atoms with Gasteiger partial charge in [-0.1, -0.05) is 60.7 Å². The predicted molar refractivity (Wildman–Crippen MR) is 95.9 cm³/mol. The second kappa shape index (κ2) is 7.63. The van der Waals surface area contributed by atoms with E-state index in [1.807, 2.05) is 36.4 Å². The molecule has 3 rings (SSSR count). The second-order valence-corrected chi connectivity index (χ2v) is 6.64. The van der Waals surface area contributed by atoms with Crippen molar-refractivity contribution in [3.8, 4) is 0 Å². The first kappa shape index (κ1) is 16.7. The molecule has 1 aliphatic heterocycles. The molecule has 1 heterocycles. The summed E-state index contributed by atoms with van der Waals surface area (Å²) in [5.41, 5.74) is 2.12. The molecule has 0 unspecified atom stereocenters. The van der Waals surface area contributed by atoms with Crippen LogP contribution in [0.4, 0.5) is 0 Å². The zero-order valence-electron chi connectivity index (χ0n) is 14.2. The summed E-state index contributed by atoms with van der Waals surface area (Å²) >= 11 is 0. The third kappa shape index (κ3) is 3.68. The average molecular weight is 323 g/mol. The molecule has 0 saturated carbocycles. The SMILES string of the molecule is CC(CNC(=O)[C@@H]1CCCCO1)(c1ccccc1)c1ccccc1. The van der Waals surface area contributed by atoms with Crippen LogP contribution >= 0.6 is 0 Å². The topological polar surface area (TPSA) is 38.3 Å². The summed E-state index contributed by atoms with van der Waals surface area (Å²) in [6.07, 6.45) is 2.64. The molecule has 1 aliphatic rings. The van der Waals surface area contributed by atoms with Crippen LogP contribution in [0.5, 0.6) is 0 Å². The normalized spacial score (nSPS) is 18.1. The van der Waals surface area contributed by atoms with E-state index in [0.29, 0.717) is 13.2 Å². The first-order chi connectivity index (χ1) is 11.7. The molecule has 0 radical (unpaired) electrons. The van der Waals surface area contributed by atoms with Crippen LogP contribution in [-0.2, 0) is 14.9 Å². The molecule has 1 atom stereocenters. The smallest absolute Gasteiger partial charge is 0.249 e. The van der Waals surface area contributed by atoms with Gasteiger partial charge in [-0.3, -0.25) is 4.79 Å². The molecule has 2 aromatic rings. The molecule has 1 N–H and O–H groups in total. The van der Waals surface area contributed by atoms with Crippen LogP contribution in [0.15, 0.2) is 60.7 Å². The molecule has 24 heavy (non-hydrogen) atoms. The second-order valence-electron chi connectivity index (χ2n) is 6.64. The van der Waals surface area contributed by atoms with Crippen molar-refractivity contribution in [1.29, 1.82) is 0 Å². The van der Waals surface area contributed by atoms with Gasteiger partial charge in [-0.15, -0.1) is 0 Å². The Morgan fingerprint density at radius 1 is 1.04 bits per heavy atom. The minimum atomic E-state index is -0.297. The van der Waals surface area contributed by atoms with E-state index in [1.165, 1.54) is 11.1 Å². The molecule has 1 saturated heterocycles. The van der Waals surface area contributed by atoms with Crippen molar-refractivity contribution in [3.05, 3.63) is 71.8 Å². The van der Waals surface area contributed by atoms with Gasteiger partial charge in [0.2, 0.25) is 5.91 Å². The van der Waals surface area contributed by atoms with E-state index in [2.05, 4.69) is 36.5 Å². The van der Waals surface area contributed by atoms with E-state index in [9.17, 15) is 4.79 Å². The van der Waals surface area contributed by atoms with E-state index in [0.717, 1.165) is 19.3 Å². The fraction of sp³-hybridized carbons (Fsp3) is 0.381. The van der Waals surface area contributed by atoms with Gasteiger partial charge in [-0.25, -0.2) is 0 Å². The molecule has 3 heteroatoms. The number of benzene rings is 2. The molecule has 1 fully saturated rings. The maximum atomic E-state index is 12.5. The van der Waals surface area contributed by atoms with Gasteiger partial charge in [0, 0.05) is 18.6 Å². The molecule has 0 aromatic heterocycles. The Balaban J connectivity index is 1.79. The predicted octanol–water partition coefficient (Wildman–Crippen LogP) is 3.68. The Hall–Kier alpha value is -2.13. The standard InChI is InChI=1S/C21H25NO2/c1-21(17-10-4-2-5-11-17,18-12-6-3-7-13-18)16-22-20(23)19-14-8-9-15-24-19/h2-7,10-13,19H,8-9,14-16H2,1H3,(H,22,23)/t19-/m0/s1. The van der Waals surface area contributed by atoms with Gasteiger partial charge in [-0.05, 0) is 37.3 Å². The Morgan fingerprint density at radius 2 is 1.62 bits per heavy atom. The van der Waals surface area contributed by atoms with Gasteiger partial charge in [0.15, 0.2) is 0 Å². The number of hydrogen-bond donors (Lipinski definition) is 1. The van der Waals surface area contributed by atoms with Gasteiger partial charge in [-0.2, -0.15) is 0 Å². The summed E-state index contributed by atoms with van der Waals surface area (Å²) in [6, 6.07) is 20.7. The van der Waals surface area contributed by atoms with Gasteiger partial charge >= 0.3 is 0 Å². The molecule has 0 spiro atoms. The van der Waals surface area contributed by atoms with Crippen LogP contribution < -0.4 is 5.32 Å². The van der Waals surface area contributed by atoms with Crippen molar-refractivity contribution in [2.45, 2.75) is 37.7 Å². The summed E-state index contributed by atoms with van der Waals surface area (Å²) in [5, 5.41) is 3.13. The zero-order chi connectivity index (χ0) is 16.8. The quantitative estimate of drug-likeness (QED) is 0.911. The Bertz CT molecular complexity index is 609. The van der Waals surface area contributed by atoms with E-state index >= 15 is 0 Å². The first-order valence-electron chi connectivity index (χ1n) is 8.70. The van der Waals surface area contributed by atoms with Gasteiger partial charge < -0.3 is 10.1 Å². The average Bonchev–Trinajstić information content (AvgIpc) is 2.68. The summed E-state index contributed by atoms with van der Waals surface area (Å²) in [7, 11) is 0. The third-order valence-corrected chi connectivity index (χ3v) is 4.91. The van der Waals surface area contributed by atoms with Crippen LogP contribution in [0, 0.1) is 0 Å². The monoisotopic (exact) mass is 323 g/mol. The Kier molecular flexibility index (Phi) is 5.31. The van der Waals surface area contributed by atoms with Crippen LogP contribution in [-0.4, -0.2) is 25.2 Å². The summed E-state index contributed by atoms with van der Waals surface area (Å²) in [6.45, 7) is 3.42. The van der Waals surface area contributed by atoms with Crippen molar-refractivity contribution in [2.24, 2.45) is 0 Å². The highest BCUT2D eigenvalue weighted by Gasteiger charge is 2.31. The van der Waals surface area contributed by atoms with Gasteiger partial charge in [0.25, 0.3) is 0 Å². The van der Waals surface area contributed by atoms with Gasteiger partial charge in [0.1, 0.15) is 6.10 Å². The van der Waals surface area contributed by atoms with Crippen molar-refractivity contribution in [3.63, 3.8) is 0 Å². The zero-order valence-corrected chi connectivity index (χ0v) is 14.2. The lowest BCUT2D eigenvalue weighted by molar-refractivity contribution is -0.135. The fourth-order valence-electron chi connectivity index (χ4n) is 3.31. The van der Waals surface area contributed by atoms with Gasteiger partial charge in [0.05, 0.1) is 0 Å². The number of nitrogens with one attached hydrogen (secondary N) is 1. The number of ether oxygens (including phenoxy) is 1. The Morgan fingerprint density at radius 3 is 2.12 bits per heavy atom. The number of carbonyl (C=O) groups excluding carboxylic acids is 1. The minimum Gasteiger partial charge on any atom is -0.368 e. The molecular formula is C21H25NO2. The molecule has 126 valence electrons. The largest absolute Gasteiger partial charge is 0.368 e. The summed E-state index contributed by atoms with van der Waals surface area (Å²) in [5.74, 6) is 0.00721. The van der Waals surface area contributed by atoms with Crippen LogP contribution in [0.2, 0.25) is 0 Å². The molecular weight excluding hydrogens is 298 g/mol. The first-order valence-corrected chi connectivity index (χ1v) is 8.70. The highest BCUT2D eigenvalue weighted by molar-refractivity contribution is 5.81. The molecule has 2 aromatic carbocycles. The molecule has 3 nitrogen and oxygen atoms in total. The fourth-order valence-corrected chi connectivity index (χ4v) is 3.31. The van der Waals surface area contributed by atoms with E-state index in [-0.39, 0.29) is 17.4 Å². The van der Waals surface area contributed by atoms with Crippen molar-refractivity contribution >= 4 is 5.91 Å². The van der Waals surface area contributed by atoms with E-state index in [1.54, 1.807) is 0 Å². The Labute approximate surface area is 144 Å². The molecule has 0 bridgehead atoms. The molecule has 0 aliphatic carbocycles. The van der Waals surface area contributed by atoms with E-state index < -0.39 is 0 Å². The van der Waals surface area contributed by atoms with Crippen LogP contribution in [0.3, 0.4) is 0 Å². The highest BCUT2D eigenvalue weighted by Crippen LogP contribution is 2.31. The van der Waals surface area contributed by atoms with Crippen LogP contribution in [0.1, 0.15) is 37.3 Å². The lowest BCUT2D eigenvalue weighted by atomic mass is 9.76. The lowest BCUT2D eigenvalue weighted by Crippen LogP contribution is -2.45. The number of amides is 1.